The van der Waals surface area contributed by atoms with Crippen LogP contribution in [0.2, 0.25) is 0 Å². The summed E-state index contributed by atoms with van der Waals surface area (Å²) in [6.07, 6.45) is 6.63. The van der Waals surface area contributed by atoms with Crippen molar-refractivity contribution in [2.45, 2.75) is 32.1 Å². The second-order valence-electron chi connectivity index (χ2n) is 5.05. The molecule has 106 valence electrons. The van der Waals surface area contributed by atoms with Gasteiger partial charge in [0, 0.05) is 37.2 Å². The third kappa shape index (κ3) is 2.60. The van der Waals surface area contributed by atoms with Crippen LogP contribution in [0.1, 0.15) is 39.7 Å². The van der Waals surface area contributed by atoms with Crippen LogP contribution in [-0.4, -0.2) is 34.5 Å². The van der Waals surface area contributed by atoms with Crippen LogP contribution in [0.15, 0.2) is 16.1 Å². The third-order valence-electron chi connectivity index (χ3n) is 3.65. The van der Waals surface area contributed by atoms with Gasteiger partial charge in [-0.2, -0.15) is 0 Å². The Hall–Kier alpha value is -1.69. The summed E-state index contributed by atoms with van der Waals surface area (Å²) >= 11 is 1.61. The van der Waals surface area contributed by atoms with Crippen molar-refractivity contribution in [3.05, 3.63) is 33.6 Å². The van der Waals surface area contributed by atoms with Gasteiger partial charge in [0.2, 0.25) is 5.76 Å². The number of amides is 1. The molecular formula is C14H17N3O2S. The lowest BCUT2D eigenvalue weighted by molar-refractivity contribution is 0.0753. The standard InChI is InChI=1S/C14H17N3O2S/c1-17(8-6-12-15-7-9-20-12)14(18)13-10-4-2-3-5-11(10)16-19-13/h7,9H,2-6,8H2,1H3. The largest absolute Gasteiger partial charge is 0.350 e. The van der Waals surface area contributed by atoms with E-state index in [0.717, 1.165) is 48.4 Å². The summed E-state index contributed by atoms with van der Waals surface area (Å²) in [5, 5.41) is 7.03. The molecule has 2 heterocycles. The summed E-state index contributed by atoms with van der Waals surface area (Å²) in [7, 11) is 1.80. The topological polar surface area (TPSA) is 59.2 Å². The zero-order chi connectivity index (χ0) is 13.9. The summed E-state index contributed by atoms with van der Waals surface area (Å²) in [5.41, 5.74) is 1.98. The first-order chi connectivity index (χ1) is 9.75. The highest BCUT2D eigenvalue weighted by Crippen LogP contribution is 2.24. The van der Waals surface area contributed by atoms with Crippen LogP contribution in [0.3, 0.4) is 0 Å². The van der Waals surface area contributed by atoms with Crippen molar-refractivity contribution in [2.75, 3.05) is 13.6 Å². The lowest BCUT2D eigenvalue weighted by atomic mass is 9.96. The van der Waals surface area contributed by atoms with E-state index in [0.29, 0.717) is 12.3 Å². The Kier molecular flexibility index (Phi) is 3.82. The molecule has 0 bridgehead atoms. The maximum Gasteiger partial charge on any atom is 0.292 e. The van der Waals surface area contributed by atoms with Crippen molar-refractivity contribution in [1.29, 1.82) is 0 Å². The fourth-order valence-electron chi connectivity index (χ4n) is 2.47. The van der Waals surface area contributed by atoms with Gasteiger partial charge >= 0.3 is 0 Å². The zero-order valence-corrected chi connectivity index (χ0v) is 12.3. The molecular weight excluding hydrogens is 274 g/mol. The van der Waals surface area contributed by atoms with Crippen molar-refractivity contribution >= 4 is 17.2 Å². The van der Waals surface area contributed by atoms with E-state index in [-0.39, 0.29) is 5.91 Å². The van der Waals surface area contributed by atoms with Crippen molar-refractivity contribution < 1.29 is 9.32 Å². The van der Waals surface area contributed by atoms with Crippen molar-refractivity contribution in [3.8, 4) is 0 Å². The molecule has 0 aliphatic heterocycles. The molecule has 6 heteroatoms. The van der Waals surface area contributed by atoms with E-state index in [9.17, 15) is 4.79 Å². The molecule has 3 rings (SSSR count). The Morgan fingerprint density at radius 2 is 2.30 bits per heavy atom. The SMILES string of the molecule is CN(CCc1nccs1)C(=O)c1onc2c1CCCC2. The van der Waals surface area contributed by atoms with E-state index < -0.39 is 0 Å². The van der Waals surface area contributed by atoms with Gasteiger partial charge in [-0.05, 0) is 25.7 Å². The van der Waals surface area contributed by atoms with Gasteiger partial charge in [0.05, 0.1) is 10.7 Å². The highest BCUT2D eigenvalue weighted by Gasteiger charge is 2.26. The Morgan fingerprint density at radius 3 is 3.10 bits per heavy atom. The number of aryl methyl sites for hydroxylation is 1. The van der Waals surface area contributed by atoms with Gasteiger partial charge in [-0.3, -0.25) is 4.79 Å². The Balaban J connectivity index is 1.67. The number of carbonyl (C=O) groups is 1. The number of likely N-dealkylation sites (N-methyl/N-ethyl adjacent to an activating group) is 1. The lowest BCUT2D eigenvalue weighted by Crippen LogP contribution is -2.29. The number of carbonyl (C=O) groups excluding carboxylic acids is 1. The molecule has 2 aromatic heterocycles. The van der Waals surface area contributed by atoms with Gasteiger partial charge in [0.25, 0.3) is 5.91 Å². The monoisotopic (exact) mass is 291 g/mol. The lowest BCUT2D eigenvalue weighted by Gasteiger charge is -2.16. The van der Waals surface area contributed by atoms with E-state index in [1.165, 1.54) is 0 Å². The number of thiazole rings is 1. The molecule has 1 aliphatic rings. The van der Waals surface area contributed by atoms with E-state index in [1.807, 2.05) is 5.38 Å². The second-order valence-corrected chi connectivity index (χ2v) is 6.03. The molecule has 0 spiro atoms. The van der Waals surface area contributed by atoms with Gasteiger partial charge in [-0.15, -0.1) is 11.3 Å². The van der Waals surface area contributed by atoms with Crippen LogP contribution in [0.5, 0.6) is 0 Å². The maximum atomic E-state index is 12.4. The minimum atomic E-state index is -0.0720. The predicted octanol–water partition coefficient (Wildman–Crippen LogP) is 2.32. The minimum Gasteiger partial charge on any atom is -0.350 e. The average molecular weight is 291 g/mol. The number of hydrogen-bond donors (Lipinski definition) is 0. The molecule has 0 N–H and O–H groups in total. The number of rotatable bonds is 4. The van der Waals surface area contributed by atoms with Crippen LogP contribution in [-0.2, 0) is 19.3 Å². The van der Waals surface area contributed by atoms with E-state index >= 15 is 0 Å². The highest BCUT2D eigenvalue weighted by atomic mass is 32.1. The molecule has 2 aromatic rings. The third-order valence-corrected chi connectivity index (χ3v) is 4.48. The van der Waals surface area contributed by atoms with Crippen molar-refractivity contribution in [2.24, 2.45) is 0 Å². The van der Waals surface area contributed by atoms with Crippen molar-refractivity contribution in [1.82, 2.24) is 15.0 Å². The summed E-state index contributed by atoms with van der Waals surface area (Å²) in [5.74, 6) is 0.360. The van der Waals surface area contributed by atoms with Gasteiger partial charge < -0.3 is 9.42 Å². The summed E-state index contributed by atoms with van der Waals surface area (Å²) in [6, 6.07) is 0. The Labute approximate surface area is 121 Å². The van der Waals surface area contributed by atoms with E-state index in [1.54, 1.807) is 29.5 Å². The summed E-state index contributed by atoms with van der Waals surface area (Å²) in [4.78, 5) is 18.3. The quantitative estimate of drug-likeness (QED) is 0.867. The molecule has 20 heavy (non-hydrogen) atoms. The average Bonchev–Trinajstić information content (AvgIpc) is 3.13. The highest BCUT2D eigenvalue weighted by molar-refractivity contribution is 7.09. The van der Waals surface area contributed by atoms with Crippen LogP contribution in [0.4, 0.5) is 0 Å². The zero-order valence-electron chi connectivity index (χ0n) is 11.5. The molecule has 0 aromatic carbocycles. The minimum absolute atomic E-state index is 0.0720. The first kappa shape index (κ1) is 13.3. The fourth-order valence-corrected chi connectivity index (χ4v) is 3.08. The molecule has 0 radical (unpaired) electrons. The molecule has 1 amide bonds. The van der Waals surface area contributed by atoms with Crippen molar-refractivity contribution in [3.63, 3.8) is 0 Å². The first-order valence-corrected chi connectivity index (χ1v) is 7.75. The molecule has 0 fully saturated rings. The van der Waals surface area contributed by atoms with Gasteiger partial charge in [0.1, 0.15) is 0 Å². The Bertz CT molecular complexity index is 592. The molecule has 0 unspecified atom stereocenters. The second kappa shape index (κ2) is 5.75. The number of nitrogens with zero attached hydrogens (tertiary/aromatic N) is 3. The van der Waals surface area contributed by atoms with E-state index in [4.69, 9.17) is 4.52 Å². The van der Waals surface area contributed by atoms with E-state index in [2.05, 4.69) is 10.1 Å². The van der Waals surface area contributed by atoms with Crippen LogP contribution >= 0.6 is 11.3 Å². The number of fused-ring (bicyclic) bond motifs is 1. The number of hydrogen-bond acceptors (Lipinski definition) is 5. The molecule has 0 atom stereocenters. The molecule has 1 aliphatic carbocycles. The summed E-state index contributed by atoms with van der Waals surface area (Å²) < 4.78 is 5.28. The first-order valence-electron chi connectivity index (χ1n) is 6.87. The van der Waals surface area contributed by atoms with Gasteiger partial charge in [-0.25, -0.2) is 4.98 Å². The normalized spacial score (nSPS) is 14.1. The van der Waals surface area contributed by atoms with Gasteiger partial charge in [-0.1, -0.05) is 5.16 Å². The maximum absolute atomic E-state index is 12.4. The molecule has 0 saturated carbocycles. The molecule has 0 saturated heterocycles. The van der Waals surface area contributed by atoms with Crippen LogP contribution in [0.25, 0.3) is 0 Å². The predicted molar refractivity (Wildman–Crippen MR) is 75.9 cm³/mol. The fraction of sp³-hybridized carbons (Fsp3) is 0.500. The Morgan fingerprint density at radius 1 is 1.45 bits per heavy atom. The van der Waals surface area contributed by atoms with Gasteiger partial charge in [0.15, 0.2) is 0 Å². The number of aromatic nitrogens is 2. The van der Waals surface area contributed by atoms with Crippen LogP contribution < -0.4 is 0 Å². The van der Waals surface area contributed by atoms with Crippen LogP contribution in [0, 0.1) is 0 Å². The smallest absolute Gasteiger partial charge is 0.292 e. The molecule has 5 nitrogen and oxygen atoms in total. The summed E-state index contributed by atoms with van der Waals surface area (Å²) in [6.45, 7) is 0.641.